The lowest BCUT2D eigenvalue weighted by atomic mass is 9.98. The first kappa shape index (κ1) is 30.0. The van der Waals surface area contributed by atoms with Crippen LogP contribution in [-0.4, -0.2) is 24.8 Å². The van der Waals surface area contributed by atoms with Crippen LogP contribution in [-0.2, 0) is 23.0 Å². The number of benzene rings is 1. The molecule has 33 heavy (non-hydrogen) atoms. The SMILES string of the molecule is CCCCCCCCCc1cccc(CCCCCCCCC)c1OC(C)CCS(=O)(=O)O. The molecule has 0 amide bonds. The highest BCUT2D eigenvalue weighted by molar-refractivity contribution is 7.85. The monoisotopic (exact) mass is 482 g/mol. The Kier molecular flexibility index (Phi) is 16.6. The summed E-state index contributed by atoms with van der Waals surface area (Å²) >= 11 is 0. The van der Waals surface area contributed by atoms with E-state index in [0.29, 0.717) is 6.42 Å². The van der Waals surface area contributed by atoms with Crippen molar-refractivity contribution in [1.82, 2.24) is 0 Å². The quantitative estimate of drug-likeness (QED) is 0.141. The molecule has 192 valence electrons. The van der Waals surface area contributed by atoms with Crippen molar-refractivity contribution in [2.75, 3.05) is 5.75 Å². The van der Waals surface area contributed by atoms with Gasteiger partial charge in [0.2, 0.25) is 0 Å². The standard InChI is InChI=1S/C28H50O4S/c1-4-6-8-10-12-14-16-19-26-21-18-22-27(20-17-15-13-11-9-7-5-2)28(26)32-25(3)23-24-33(29,30)31/h18,21-22,25H,4-17,19-20,23-24H2,1-3H3,(H,29,30,31). The molecule has 0 saturated carbocycles. The van der Waals surface area contributed by atoms with Crippen LogP contribution in [0.3, 0.4) is 0 Å². The van der Waals surface area contributed by atoms with Crippen LogP contribution in [0.2, 0.25) is 0 Å². The molecule has 0 aliphatic heterocycles. The minimum Gasteiger partial charge on any atom is -0.490 e. The third kappa shape index (κ3) is 15.5. The summed E-state index contributed by atoms with van der Waals surface area (Å²) in [5.74, 6) is 0.693. The van der Waals surface area contributed by atoms with Crippen molar-refractivity contribution in [3.63, 3.8) is 0 Å². The normalized spacial score (nSPS) is 12.7. The molecule has 0 heterocycles. The highest BCUT2D eigenvalue weighted by Gasteiger charge is 2.15. The van der Waals surface area contributed by atoms with Crippen molar-refractivity contribution < 1.29 is 17.7 Å². The minimum atomic E-state index is -3.97. The molecule has 0 aromatic heterocycles. The van der Waals surface area contributed by atoms with Gasteiger partial charge >= 0.3 is 0 Å². The number of para-hydroxylation sites is 1. The molecule has 0 bridgehead atoms. The Morgan fingerprint density at radius 2 is 1.18 bits per heavy atom. The zero-order valence-electron chi connectivity index (χ0n) is 21.6. The first-order chi connectivity index (χ1) is 15.9. The second-order valence-electron chi connectivity index (χ2n) is 9.65. The van der Waals surface area contributed by atoms with E-state index in [2.05, 4.69) is 32.0 Å². The Labute approximate surface area is 204 Å². The average molecular weight is 483 g/mol. The van der Waals surface area contributed by atoms with E-state index in [0.717, 1.165) is 31.4 Å². The predicted molar refractivity (Wildman–Crippen MR) is 141 cm³/mol. The average Bonchev–Trinajstić information content (AvgIpc) is 2.77. The number of unbranched alkanes of at least 4 members (excludes halogenated alkanes) is 12. The van der Waals surface area contributed by atoms with E-state index in [1.807, 2.05) is 6.92 Å². The maximum absolute atomic E-state index is 11.2. The molecular formula is C28H50O4S. The molecule has 5 heteroatoms. The Morgan fingerprint density at radius 1 is 0.758 bits per heavy atom. The van der Waals surface area contributed by atoms with Crippen LogP contribution in [0.5, 0.6) is 5.75 Å². The maximum Gasteiger partial charge on any atom is 0.264 e. The first-order valence-electron chi connectivity index (χ1n) is 13.6. The molecule has 1 atom stereocenters. The largest absolute Gasteiger partial charge is 0.490 e. The van der Waals surface area contributed by atoms with Crippen LogP contribution < -0.4 is 4.74 Å². The molecule has 0 radical (unpaired) electrons. The Hall–Kier alpha value is -1.07. The van der Waals surface area contributed by atoms with Crippen molar-refractivity contribution in [1.29, 1.82) is 0 Å². The molecule has 0 saturated heterocycles. The van der Waals surface area contributed by atoms with E-state index < -0.39 is 10.1 Å². The van der Waals surface area contributed by atoms with Crippen molar-refractivity contribution in [2.24, 2.45) is 0 Å². The molecule has 4 nitrogen and oxygen atoms in total. The van der Waals surface area contributed by atoms with E-state index in [9.17, 15) is 8.42 Å². The van der Waals surface area contributed by atoms with E-state index in [1.54, 1.807) is 0 Å². The summed E-state index contributed by atoms with van der Waals surface area (Å²) in [6.45, 7) is 6.39. The summed E-state index contributed by atoms with van der Waals surface area (Å²) in [5, 5.41) is 0. The maximum atomic E-state index is 11.2. The second kappa shape index (κ2) is 18.3. The smallest absolute Gasteiger partial charge is 0.264 e. The summed E-state index contributed by atoms with van der Waals surface area (Å²) in [4.78, 5) is 0. The molecule has 1 aromatic carbocycles. The lowest BCUT2D eigenvalue weighted by molar-refractivity contribution is 0.212. The summed E-state index contributed by atoms with van der Waals surface area (Å²) in [5.41, 5.74) is 2.48. The van der Waals surface area contributed by atoms with Crippen LogP contribution in [0.1, 0.15) is 128 Å². The van der Waals surface area contributed by atoms with Gasteiger partial charge in [-0.1, -0.05) is 109 Å². The second-order valence-corrected chi connectivity index (χ2v) is 11.2. The van der Waals surface area contributed by atoms with Crippen LogP contribution in [0.4, 0.5) is 0 Å². The molecule has 0 spiro atoms. The minimum absolute atomic E-state index is 0.255. The van der Waals surface area contributed by atoms with Crippen LogP contribution in [0.25, 0.3) is 0 Å². The zero-order valence-corrected chi connectivity index (χ0v) is 22.4. The molecular weight excluding hydrogens is 432 g/mol. The number of ether oxygens (including phenoxy) is 1. The number of hydrogen-bond donors (Lipinski definition) is 1. The molecule has 0 fully saturated rings. The van der Waals surface area contributed by atoms with Gasteiger partial charge in [0.1, 0.15) is 5.75 Å². The number of hydrogen-bond acceptors (Lipinski definition) is 3. The van der Waals surface area contributed by atoms with Crippen molar-refractivity contribution in [3.05, 3.63) is 29.3 Å². The van der Waals surface area contributed by atoms with Crippen LogP contribution >= 0.6 is 0 Å². The number of rotatable bonds is 21. The lowest BCUT2D eigenvalue weighted by Gasteiger charge is -2.21. The van der Waals surface area contributed by atoms with E-state index in [-0.39, 0.29) is 11.9 Å². The van der Waals surface area contributed by atoms with Gasteiger partial charge in [-0.2, -0.15) is 8.42 Å². The summed E-state index contributed by atoms with van der Waals surface area (Å²) in [6.07, 6.45) is 20.0. The fourth-order valence-electron chi connectivity index (χ4n) is 4.30. The van der Waals surface area contributed by atoms with E-state index in [4.69, 9.17) is 9.29 Å². The Morgan fingerprint density at radius 3 is 1.61 bits per heavy atom. The third-order valence-corrected chi connectivity index (χ3v) is 7.13. The van der Waals surface area contributed by atoms with Gasteiger partial charge in [-0.3, -0.25) is 4.55 Å². The molecule has 1 aromatic rings. The molecule has 1 N–H and O–H groups in total. The van der Waals surface area contributed by atoms with E-state index >= 15 is 0 Å². The summed E-state index contributed by atoms with van der Waals surface area (Å²) in [6, 6.07) is 6.47. The molecule has 1 rings (SSSR count). The summed E-state index contributed by atoms with van der Waals surface area (Å²) < 4.78 is 37.7. The molecule has 0 aliphatic carbocycles. The summed E-state index contributed by atoms with van der Waals surface area (Å²) in [7, 11) is -3.97. The third-order valence-electron chi connectivity index (χ3n) is 6.38. The highest BCUT2D eigenvalue weighted by atomic mass is 32.2. The van der Waals surface area contributed by atoms with Gasteiger partial charge in [0.15, 0.2) is 0 Å². The van der Waals surface area contributed by atoms with Gasteiger partial charge in [-0.05, 0) is 43.7 Å². The van der Waals surface area contributed by atoms with Gasteiger partial charge < -0.3 is 4.74 Å². The lowest BCUT2D eigenvalue weighted by Crippen LogP contribution is -2.19. The Balaban J connectivity index is 2.68. The Bertz CT molecular complexity index is 678. The van der Waals surface area contributed by atoms with Gasteiger partial charge in [0.05, 0.1) is 11.9 Å². The van der Waals surface area contributed by atoms with Crippen LogP contribution in [0, 0.1) is 0 Å². The fourth-order valence-corrected chi connectivity index (χ4v) is 4.93. The van der Waals surface area contributed by atoms with Crippen molar-refractivity contribution >= 4 is 10.1 Å². The van der Waals surface area contributed by atoms with E-state index in [1.165, 1.54) is 88.2 Å². The topological polar surface area (TPSA) is 63.6 Å². The predicted octanol–water partition coefficient (Wildman–Crippen LogP) is 8.32. The van der Waals surface area contributed by atoms with Crippen molar-refractivity contribution in [2.45, 2.75) is 136 Å². The molecule has 0 aliphatic rings. The number of aryl methyl sites for hydroxylation is 2. The van der Waals surface area contributed by atoms with Gasteiger partial charge in [-0.15, -0.1) is 0 Å². The van der Waals surface area contributed by atoms with Gasteiger partial charge in [-0.25, -0.2) is 0 Å². The zero-order chi connectivity index (χ0) is 24.4. The van der Waals surface area contributed by atoms with Gasteiger partial charge in [0, 0.05) is 6.42 Å². The van der Waals surface area contributed by atoms with Gasteiger partial charge in [0.25, 0.3) is 10.1 Å². The highest BCUT2D eigenvalue weighted by Crippen LogP contribution is 2.29. The first-order valence-corrected chi connectivity index (χ1v) is 15.2. The van der Waals surface area contributed by atoms with Crippen LogP contribution in [0.15, 0.2) is 18.2 Å². The molecule has 1 unspecified atom stereocenters. The fraction of sp³-hybridized carbons (Fsp3) is 0.786. The van der Waals surface area contributed by atoms with Crippen molar-refractivity contribution in [3.8, 4) is 5.75 Å².